The van der Waals surface area contributed by atoms with Crippen molar-refractivity contribution in [1.29, 1.82) is 0 Å². The first-order valence-corrected chi connectivity index (χ1v) is 24.7. The van der Waals surface area contributed by atoms with Crippen LogP contribution in [0.2, 0.25) is 0 Å². The summed E-state index contributed by atoms with van der Waals surface area (Å²) in [5.41, 5.74) is 1.36. The molecule has 1 aromatic carbocycles. The third kappa shape index (κ3) is 16.1. The molecular formula is C51H75N9O11. The van der Waals surface area contributed by atoms with Gasteiger partial charge >= 0.3 is 5.97 Å². The molecule has 4 rings (SSSR count). The van der Waals surface area contributed by atoms with Crippen molar-refractivity contribution >= 4 is 53.3 Å². The molecule has 8 atom stereocenters. The second-order valence-corrected chi connectivity index (χ2v) is 18.8. The number of rotatable bonds is 29. The van der Waals surface area contributed by atoms with Crippen LogP contribution >= 0.6 is 0 Å². The zero-order valence-electron chi connectivity index (χ0n) is 42.8. The number of hydrogen-bond donors (Lipinski definition) is 5. The number of carbonyl (C=O) groups is 8. The van der Waals surface area contributed by atoms with E-state index in [1.165, 1.54) is 37.5 Å². The molecule has 390 valence electrons. The van der Waals surface area contributed by atoms with E-state index in [0.717, 1.165) is 5.56 Å². The number of carboxylic acids is 1. The van der Waals surface area contributed by atoms with Crippen LogP contribution in [0.25, 0.3) is 0 Å². The van der Waals surface area contributed by atoms with Crippen molar-refractivity contribution in [3.63, 3.8) is 0 Å². The molecule has 71 heavy (non-hydrogen) atoms. The Bertz CT molecular complexity index is 2170. The molecule has 1 fully saturated rings. The Kier molecular flexibility index (Phi) is 22.5. The first-order valence-electron chi connectivity index (χ1n) is 24.7. The topological polar surface area (TPSA) is 259 Å². The molecular weight excluding hydrogens is 915 g/mol. The highest BCUT2D eigenvalue weighted by Crippen LogP contribution is 2.30. The first-order chi connectivity index (χ1) is 33.8. The van der Waals surface area contributed by atoms with Gasteiger partial charge in [0.05, 0.1) is 47.9 Å². The van der Waals surface area contributed by atoms with Crippen molar-refractivity contribution in [2.45, 2.75) is 136 Å². The SMILES string of the molecule is CCC(C)C(C(CC(=O)N1CCC[C@H]1C(OC)C(C)C(=O)NC(Cc1ccccc1)C(=O)O)OC)N(C)C(=O)C(Nc1ncc(C(=O)NCCNC(=O)CCCCCN2C(=O)C=CC2=O)c(C)n1)C(C)C. The summed E-state index contributed by atoms with van der Waals surface area (Å²) in [6.07, 6.45) is 6.54. The lowest BCUT2D eigenvalue weighted by atomic mass is 9.89. The van der Waals surface area contributed by atoms with E-state index in [1.807, 2.05) is 33.8 Å². The van der Waals surface area contributed by atoms with E-state index >= 15 is 0 Å². The van der Waals surface area contributed by atoms with Crippen molar-refractivity contribution in [2.24, 2.45) is 17.8 Å². The summed E-state index contributed by atoms with van der Waals surface area (Å²) in [6, 6.07) is 6.09. The normalized spacial score (nSPS) is 17.5. The minimum atomic E-state index is -1.16. The molecule has 2 aromatic rings. The number of hydrogen-bond acceptors (Lipinski definition) is 13. The van der Waals surface area contributed by atoms with E-state index in [4.69, 9.17) is 9.47 Å². The molecule has 0 bridgehead atoms. The lowest BCUT2D eigenvalue weighted by Crippen LogP contribution is -2.56. The van der Waals surface area contributed by atoms with Crippen LogP contribution in [0.1, 0.15) is 108 Å². The van der Waals surface area contributed by atoms with Gasteiger partial charge in [0.1, 0.15) is 12.1 Å². The number of carboxylic acid groups (broad SMARTS) is 1. The van der Waals surface area contributed by atoms with Crippen molar-refractivity contribution in [1.82, 2.24) is 40.6 Å². The quantitative estimate of drug-likeness (QED) is 0.0579. The Hall–Kier alpha value is -6.28. The number of likely N-dealkylation sites (tertiary alicyclic amines) is 1. The monoisotopic (exact) mass is 990 g/mol. The van der Waals surface area contributed by atoms with E-state index in [-0.39, 0.29) is 85.2 Å². The van der Waals surface area contributed by atoms with Gasteiger partial charge in [0.2, 0.25) is 29.6 Å². The number of ether oxygens (including phenoxy) is 2. The van der Waals surface area contributed by atoms with Crippen LogP contribution < -0.4 is 21.3 Å². The van der Waals surface area contributed by atoms with Crippen molar-refractivity contribution in [3.8, 4) is 0 Å². The average molecular weight is 990 g/mol. The minimum Gasteiger partial charge on any atom is -0.480 e. The van der Waals surface area contributed by atoms with Crippen molar-refractivity contribution < 1.29 is 52.9 Å². The number of aliphatic carboxylic acids is 1. The fourth-order valence-electron chi connectivity index (χ4n) is 9.24. The molecule has 2 aliphatic heterocycles. The number of aromatic nitrogens is 2. The Labute approximate surface area is 417 Å². The zero-order valence-corrected chi connectivity index (χ0v) is 42.8. The molecule has 3 heterocycles. The second-order valence-electron chi connectivity index (χ2n) is 18.8. The molecule has 0 aliphatic carbocycles. The fourth-order valence-corrected chi connectivity index (χ4v) is 9.24. The predicted octanol–water partition coefficient (Wildman–Crippen LogP) is 3.29. The summed E-state index contributed by atoms with van der Waals surface area (Å²) in [5.74, 6) is -4.39. The summed E-state index contributed by atoms with van der Waals surface area (Å²) >= 11 is 0. The summed E-state index contributed by atoms with van der Waals surface area (Å²) in [7, 11) is 4.69. The summed E-state index contributed by atoms with van der Waals surface area (Å²) in [5, 5.41) is 21.3. The predicted molar refractivity (Wildman–Crippen MR) is 265 cm³/mol. The third-order valence-corrected chi connectivity index (χ3v) is 13.5. The molecule has 20 heteroatoms. The number of methoxy groups -OCH3 is 2. The van der Waals surface area contributed by atoms with Crippen LogP contribution in [0.15, 0.2) is 48.7 Å². The number of imide groups is 1. The van der Waals surface area contributed by atoms with Crippen LogP contribution in [0.5, 0.6) is 0 Å². The third-order valence-electron chi connectivity index (χ3n) is 13.5. The molecule has 1 aromatic heterocycles. The molecule has 0 radical (unpaired) electrons. The van der Waals surface area contributed by atoms with E-state index < -0.39 is 60.1 Å². The van der Waals surface area contributed by atoms with Gasteiger partial charge in [-0.05, 0) is 50.0 Å². The van der Waals surface area contributed by atoms with Gasteiger partial charge in [-0.25, -0.2) is 14.8 Å². The maximum absolute atomic E-state index is 14.5. The highest BCUT2D eigenvalue weighted by Gasteiger charge is 2.43. The number of anilines is 1. The number of unbranched alkanes of at least 4 members (excludes halogenated alkanes) is 2. The molecule has 20 nitrogen and oxygen atoms in total. The van der Waals surface area contributed by atoms with Gasteiger partial charge in [0.15, 0.2) is 0 Å². The Morgan fingerprint density at radius 3 is 2.21 bits per heavy atom. The van der Waals surface area contributed by atoms with E-state index in [9.17, 15) is 43.5 Å². The van der Waals surface area contributed by atoms with Crippen LogP contribution in [0.4, 0.5) is 5.95 Å². The van der Waals surface area contributed by atoms with Gasteiger partial charge in [-0.3, -0.25) is 38.5 Å². The van der Waals surface area contributed by atoms with E-state index in [0.29, 0.717) is 57.3 Å². The molecule has 5 N–H and O–H groups in total. The lowest BCUT2D eigenvalue weighted by molar-refractivity contribution is -0.147. The van der Waals surface area contributed by atoms with Gasteiger partial charge < -0.3 is 45.6 Å². The van der Waals surface area contributed by atoms with E-state index in [2.05, 4.69) is 31.2 Å². The Balaban J connectivity index is 1.33. The fraction of sp³-hybridized carbons (Fsp3) is 0.608. The summed E-state index contributed by atoms with van der Waals surface area (Å²) in [4.78, 5) is 117. The highest BCUT2D eigenvalue weighted by atomic mass is 16.5. The maximum atomic E-state index is 14.5. The van der Waals surface area contributed by atoms with Crippen LogP contribution in [0, 0.1) is 24.7 Å². The molecule has 1 saturated heterocycles. The van der Waals surface area contributed by atoms with Crippen molar-refractivity contribution in [2.75, 3.05) is 52.8 Å². The summed E-state index contributed by atoms with van der Waals surface area (Å²) in [6.45, 7) is 12.2. The smallest absolute Gasteiger partial charge is 0.326 e. The van der Waals surface area contributed by atoms with Crippen LogP contribution in [-0.4, -0.2) is 161 Å². The second kappa shape index (κ2) is 27.9. The number of amides is 7. The number of carbonyl (C=O) groups excluding carboxylic acids is 7. The van der Waals surface area contributed by atoms with Crippen LogP contribution in [0.3, 0.4) is 0 Å². The van der Waals surface area contributed by atoms with Gasteiger partial charge in [0, 0.05) is 78.6 Å². The first kappa shape index (κ1) is 57.3. The maximum Gasteiger partial charge on any atom is 0.326 e. The number of likely N-dealkylation sites (N-methyl/N-ethyl adjacent to an activating group) is 1. The molecule has 7 amide bonds. The number of nitrogens with zero attached hydrogens (tertiary/aromatic N) is 5. The highest BCUT2D eigenvalue weighted by molar-refractivity contribution is 6.12. The van der Waals surface area contributed by atoms with Gasteiger partial charge in [-0.15, -0.1) is 0 Å². The number of nitrogens with one attached hydrogen (secondary N) is 4. The molecule has 2 aliphatic rings. The van der Waals surface area contributed by atoms with Gasteiger partial charge in [-0.2, -0.15) is 0 Å². The molecule has 7 unspecified atom stereocenters. The summed E-state index contributed by atoms with van der Waals surface area (Å²) < 4.78 is 11.9. The molecule has 0 saturated carbocycles. The number of aryl methyl sites for hydroxylation is 1. The van der Waals surface area contributed by atoms with Crippen LogP contribution in [-0.2, 0) is 49.5 Å². The largest absolute Gasteiger partial charge is 0.480 e. The lowest BCUT2D eigenvalue weighted by Gasteiger charge is -2.40. The standard InChI is InChI=1S/C51H75N9O11/c1-10-32(4)45(39(70-8)29-43(64)59-27-17-20-38(59)46(71-9)33(5)47(65)56-37(50(68)69)28-35-18-13-11-14-19-35)58(7)49(67)44(31(2)3)57-51-54-30-36(34(6)55-51)48(66)53-25-24-52-40(61)21-15-12-16-26-60-41(62)22-23-42(60)63/h11,13-14,18-19,22-23,30-33,37-39,44-46H,10,12,15-17,20-21,24-29H2,1-9H3,(H,52,61)(H,53,66)(H,56,65)(H,68,69)(H,54,55,57)/t32?,33?,37?,38-,39?,44?,45?,46?/m0/s1. The van der Waals surface area contributed by atoms with Gasteiger partial charge in [-0.1, -0.05) is 77.8 Å². The van der Waals surface area contributed by atoms with E-state index in [1.54, 1.807) is 55.0 Å². The average Bonchev–Trinajstić information content (AvgIpc) is 3.96. The van der Waals surface area contributed by atoms with Crippen molar-refractivity contribution in [3.05, 3.63) is 65.5 Å². The Morgan fingerprint density at radius 1 is 0.930 bits per heavy atom. The Morgan fingerprint density at radius 2 is 1.61 bits per heavy atom. The molecule has 0 spiro atoms. The minimum absolute atomic E-state index is 0.0557. The zero-order chi connectivity index (χ0) is 52.4. The number of benzene rings is 1. The van der Waals surface area contributed by atoms with Gasteiger partial charge in [0.25, 0.3) is 17.7 Å².